The van der Waals surface area contributed by atoms with Gasteiger partial charge in [-0.1, -0.05) is 37.4 Å². The smallest absolute Gasteiger partial charge is 0.270 e. The molecular weight excluding hydrogens is 420 g/mol. The van der Waals surface area contributed by atoms with E-state index in [2.05, 4.69) is 33.3 Å². The number of fused-ring (bicyclic) bond motifs is 1. The Kier molecular flexibility index (Phi) is 5.66. The van der Waals surface area contributed by atoms with Gasteiger partial charge in [-0.25, -0.2) is 18.7 Å². The van der Waals surface area contributed by atoms with Crippen LogP contribution in [-0.2, 0) is 12.5 Å². The summed E-state index contributed by atoms with van der Waals surface area (Å²) in [7, 11) is 1.94. The lowest BCUT2D eigenvalue weighted by molar-refractivity contribution is 0.0174. The first kappa shape index (κ1) is 22.5. The molecule has 0 saturated carbocycles. The Balaban J connectivity index is 1.62. The zero-order valence-corrected chi connectivity index (χ0v) is 19.3. The van der Waals surface area contributed by atoms with Crippen molar-refractivity contribution < 1.29 is 8.78 Å². The number of anilines is 3. The molecule has 2 heterocycles. The van der Waals surface area contributed by atoms with Gasteiger partial charge in [0.05, 0.1) is 6.54 Å². The highest BCUT2D eigenvalue weighted by atomic mass is 19.3. The normalized spacial score (nSPS) is 13.7. The third-order valence-corrected chi connectivity index (χ3v) is 5.82. The number of benzene rings is 2. The molecule has 1 N–H and O–H groups in total. The molecule has 0 saturated heterocycles. The van der Waals surface area contributed by atoms with Crippen LogP contribution in [0.25, 0.3) is 5.70 Å². The number of hydrogen-bond acceptors (Lipinski definition) is 5. The first-order chi connectivity index (χ1) is 15.5. The summed E-state index contributed by atoms with van der Waals surface area (Å²) in [4.78, 5) is 13.0. The van der Waals surface area contributed by atoms with Crippen LogP contribution in [0.2, 0.25) is 0 Å². The molecule has 0 spiro atoms. The maximum atomic E-state index is 13.7. The first-order valence-corrected chi connectivity index (χ1v) is 10.6. The summed E-state index contributed by atoms with van der Waals surface area (Å²) in [5.74, 6) is -0.533. The first-order valence-electron chi connectivity index (χ1n) is 10.6. The molecule has 3 aromatic rings. The summed E-state index contributed by atoms with van der Waals surface area (Å²) in [6.45, 7) is 13.7. The quantitative estimate of drug-likeness (QED) is 0.503. The Morgan fingerprint density at radius 2 is 1.91 bits per heavy atom. The number of aryl methyl sites for hydroxylation is 2. The molecule has 0 unspecified atom stereocenters. The lowest BCUT2D eigenvalue weighted by Gasteiger charge is -2.39. The van der Waals surface area contributed by atoms with Crippen molar-refractivity contribution in [2.45, 2.75) is 33.2 Å². The van der Waals surface area contributed by atoms with Gasteiger partial charge in [0.15, 0.2) is 0 Å². The number of aromatic nitrogens is 2. The fourth-order valence-corrected chi connectivity index (χ4v) is 3.88. The number of hydrogen-bond donors (Lipinski definition) is 1. The molecule has 0 amide bonds. The molecule has 5 nitrogen and oxygen atoms in total. The van der Waals surface area contributed by atoms with Gasteiger partial charge in [0, 0.05) is 48.4 Å². The molecule has 7 heteroatoms. The monoisotopic (exact) mass is 447 g/mol. The number of nitrogens with zero attached hydrogens (tertiary/aromatic N) is 4. The van der Waals surface area contributed by atoms with Crippen molar-refractivity contribution in [1.29, 1.82) is 0 Å². The SMILES string of the molecule is C=C(Nc1ccc(C)c(N2Cc3cnc(C)nc3N(C)C2=C)c1)c1cccc(C(C)(F)F)c1. The fourth-order valence-electron chi connectivity index (χ4n) is 3.88. The second-order valence-electron chi connectivity index (χ2n) is 8.40. The van der Waals surface area contributed by atoms with E-state index in [1.165, 1.54) is 12.1 Å². The Labute approximate surface area is 193 Å². The van der Waals surface area contributed by atoms with Crippen molar-refractivity contribution in [2.75, 3.05) is 22.2 Å². The number of halogens is 2. The van der Waals surface area contributed by atoms with Crippen LogP contribution in [0.3, 0.4) is 0 Å². The Morgan fingerprint density at radius 1 is 1.15 bits per heavy atom. The van der Waals surface area contributed by atoms with Crippen molar-refractivity contribution in [1.82, 2.24) is 9.97 Å². The van der Waals surface area contributed by atoms with Gasteiger partial charge in [-0.2, -0.15) is 0 Å². The van der Waals surface area contributed by atoms with E-state index in [0.29, 0.717) is 23.6 Å². The second-order valence-corrected chi connectivity index (χ2v) is 8.40. The summed E-state index contributed by atoms with van der Waals surface area (Å²) in [6, 6.07) is 12.2. The predicted molar refractivity (Wildman–Crippen MR) is 130 cm³/mol. The minimum Gasteiger partial charge on any atom is -0.355 e. The Morgan fingerprint density at radius 3 is 2.64 bits per heavy atom. The fraction of sp³-hybridized carbons (Fsp3) is 0.231. The van der Waals surface area contributed by atoms with Crippen LogP contribution in [0, 0.1) is 13.8 Å². The molecule has 0 radical (unpaired) electrons. The van der Waals surface area contributed by atoms with E-state index in [-0.39, 0.29) is 5.56 Å². The van der Waals surface area contributed by atoms with Gasteiger partial charge >= 0.3 is 0 Å². The van der Waals surface area contributed by atoms with E-state index in [4.69, 9.17) is 0 Å². The lowest BCUT2D eigenvalue weighted by Crippen LogP contribution is -2.38. The van der Waals surface area contributed by atoms with Crippen LogP contribution in [0.5, 0.6) is 0 Å². The highest BCUT2D eigenvalue weighted by Crippen LogP contribution is 2.36. The van der Waals surface area contributed by atoms with E-state index < -0.39 is 5.92 Å². The molecule has 1 aliphatic heterocycles. The molecule has 170 valence electrons. The predicted octanol–water partition coefficient (Wildman–Crippen LogP) is 6.22. The molecule has 0 atom stereocenters. The third-order valence-electron chi connectivity index (χ3n) is 5.82. The molecule has 4 rings (SSSR count). The van der Waals surface area contributed by atoms with E-state index in [1.807, 2.05) is 50.2 Å². The van der Waals surface area contributed by atoms with Crippen LogP contribution >= 0.6 is 0 Å². The van der Waals surface area contributed by atoms with Crippen molar-refractivity contribution in [3.63, 3.8) is 0 Å². The maximum Gasteiger partial charge on any atom is 0.270 e. The van der Waals surface area contributed by atoms with E-state index in [1.54, 1.807) is 12.1 Å². The Bertz CT molecular complexity index is 1250. The summed E-state index contributed by atoms with van der Waals surface area (Å²) in [5.41, 5.74) is 4.97. The molecule has 0 bridgehead atoms. The van der Waals surface area contributed by atoms with Crippen molar-refractivity contribution in [3.8, 4) is 0 Å². The summed E-state index contributed by atoms with van der Waals surface area (Å²) < 4.78 is 27.5. The van der Waals surface area contributed by atoms with Gasteiger partial charge in [0.1, 0.15) is 17.5 Å². The second kappa shape index (κ2) is 8.31. The van der Waals surface area contributed by atoms with Crippen molar-refractivity contribution in [2.24, 2.45) is 0 Å². The molecule has 2 aromatic carbocycles. The summed E-state index contributed by atoms with van der Waals surface area (Å²) in [5, 5.41) is 3.26. The maximum absolute atomic E-state index is 13.7. The highest BCUT2D eigenvalue weighted by molar-refractivity contribution is 5.78. The highest BCUT2D eigenvalue weighted by Gasteiger charge is 2.27. The molecule has 1 aromatic heterocycles. The minimum absolute atomic E-state index is 0.0451. The van der Waals surface area contributed by atoms with Crippen LogP contribution in [0.4, 0.5) is 26.0 Å². The average Bonchev–Trinajstić information content (AvgIpc) is 2.77. The average molecular weight is 448 g/mol. The van der Waals surface area contributed by atoms with Gasteiger partial charge in [0.2, 0.25) is 0 Å². The summed E-state index contributed by atoms with van der Waals surface area (Å²) in [6.07, 6.45) is 1.85. The molecule has 0 fully saturated rings. The van der Waals surface area contributed by atoms with Gasteiger partial charge < -0.3 is 15.1 Å². The third kappa shape index (κ3) is 4.44. The molecule has 33 heavy (non-hydrogen) atoms. The largest absolute Gasteiger partial charge is 0.355 e. The van der Waals surface area contributed by atoms with E-state index in [0.717, 1.165) is 41.1 Å². The van der Waals surface area contributed by atoms with Crippen LogP contribution in [-0.4, -0.2) is 17.0 Å². The van der Waals surface area contributed by atoms with Crippen molar-refractivity contribution >= 4 is 22.9 Å². The van der Waals surface area contributed by atoms with E-state index >= 15 is 0 Å². The number of alkyl halides is 2. The number of nitrogens with one attached hydrogen (secondary N) is 1. The van der Waals surface area contributed by atoms with Gasteiger partial charge in [-0.15, -0.1) is 0 Å². The zero-order valence-electron chi connectivity index (χ0n) is 19.3. The lowest BCUT2D eigenvalue weighted by atomic mass is 10.0. The molecular formula is C26H27F2N5. The molecule has 1 aliphatic rings. The standard InChI is InChI=1S/C26H27F2N5/c1-16-10-11-23(30-17(2)20-8-7-9-22(12-20)26(5,27)28)13-24(16)33-15-21-14-29-18(3)31-25(21)32(6)19(33)4/h7-14,30H,2,4,15H2,1,3,5-6H3. The van der Waals surface area contributed by atoms with Crippen LogP contribution < -0.4 is 15.1 Å². The Hall–Kier alpha value is -3.74. The zero-order chi connectivity index (χ0) is 23.9. The van der Waals surface area contributed by atoms with Gasteiger partial charge in [-0.05, 0) is 43.2 Å². The van der Waals surface area contributed by atoms with Crippen molar-refractivity contribution in [3.05, 3.63) is 95.7 Å². The molecule has 0 aliphatic carbocycles. The topological polar surface area (TPSA) is 44.3 Å². The summed E-state index contributed by atoms with van der Waals surface area (Å²) >= 11 is 0. The number of rotatable bonds is 5. The van der Waals surface area contributed by atoms with Crippen LogP contribution in [0.1, 0.15) is 35.0 Å². The minimum atomic E-state index is -2.91. The van der Waals surface area contributed by atoms with E-state index in [9.17, 15) is 8.78 Å². The van der Waals surface area contributed by atoms with Gasteiger partial charge in [-0.3, -0.25) is 0 Å². The van der Waals surface area contributed by atoms with Gasteiger partial charge in [0.25, 0.3) is 5.92 Å². The van der Waals surface area contributed by atoms with Crippen LogP contribution in [0.15, 0.2) is 67.6 Å².